The Bertz CT molecular complexity index is 544. The number of benzene rings is 1. The molecule has 0 aromatic heterocycles. The van der Waals surface area contributed by atoms with Crippen molar-refractivity contribution < 1.29 is 14.5 Å². The first-order chi connectivity index (χ1) is 9.34. The van der Waals surface area contributed by atoms with Crippen molar-refractivity contribution in [1.29, 1.82) is 0 Å². The van der Waals surface area contributed by atoms with Crippen molar-refractivity contribution in [2.24, 2.45) is 5.41 Å². The highest BCUT2D eigenvalue weighted by Crippen LogP contribution is 2.32. The van der Waals surface area contributed by atoms with Gasteiger partial charge in [-0.25, -0.2) is 0 Å². The Balaban J connectivity index is 3.18. The third-order valence-corrected chi connectivity index (χ3v) is 3.22. The van der Waals surface area contributed by atoms with Gasteiger partial charge in [0.15, 0.2) is 0 Å². The molecule has 1 unspecified atom stereocenters. The Labute approximate surface area is 122 Å². The molecule has 0 radical (unpaired) electrons. The van der Waals surface area contributed by atoms with Crippen molar-refractivity contribution in [2.75, 3.05) is 6.61 Å². The van der Waals surface area contributed by atoms with Crippen molar-refractivity contribution >= 4 is 23.3 Å². The van der Waals surface area contributed by atoms with E-state index in [-0.39, 0.29) is 18.7 Å². The summed E-state index contributed by atoms with van der Waals surface area (Å²) in [4.78, 5) is 22.5. The minimum atomic E-state index is -1.04. The fourth-order valence-electron chi connectivity index (χ4n) is 1.79. The highest BCUT2D eigenvalue weighted by atomic mass is 35.5. The molecule has 5 nitrogen and oxygen atoms in total. The molecular formula is C14H16ClNO4. The number of carbonyl (C=O) groups excluding carboxylic acids is 1. The largest absolute Gasteiger partial charge is 0.465 e. The zero-order chi connectivity index (χ0) is 15.3. The van der Waals surface area contributed by atoms with Crippen LogP contribution in [-0.4, -0.2) is 17.5 Å². The molecule has 20 heavy (non-hydrogen) atoms. The van der Waals surface area contributed by atoms with E-state index in [1.807, 2.05) is 0 Å². The van der Waals surface area contributed by atoms with Gasteiger partial charge in [0.25, 0.3) is 5.69 Å². The van der Waals surface area contributed by atoms with E-state index in [1.165, 1.54) is 24.3 Å². The first kappa shape index (κ1) is 16.2. The molecule has 0 aliphatic heterocycles. The van der Waals surface area contributed by atoms with Gasteiger partial charge in [-0.3, -0.25) is 14.9 Å². The Morgan fingerprint density at radius 2 is 2.25 bits per heavy atom. The number of hydrogen-bond acceptors (Lipinski definition) is 4. The topological polar surface area (TPSA) is 69.4 Å². The van der Waals surface area contributed by atoms with Crippen molar-refractivity contribution in [3.05, 3.63) is 51.6 Å². The normalized spacial score (nSPS) is 13.3. The van der Waals surface area contributed by atoms with Gasteiger partial charge in [-0.1, -0.05) is 17.7 Å². The molecule has 0 bridgehead atoms. The lowest BCUT2D eigenvalue weighted by atomic mass is 9.83. The molecule has 0 N–H and O–H groups in total. The third kappa shape index (κ3) is 3.57. The molecule has 0 heterocycles. The molecule has 0 aliphatic carbocycles. The summed E-state index contributed by atoms with van der Waals surface area (Å²) in [5.74, 6) is -0.468. The van der Waals surface area contributed by atoms with Gasteiger partial charge in [0.05, 0.1) is 16.9 Å². The molecule has 0 saturated heterocycles. The summed E-state index contributed by atoms with van der Waals surface area (Å²) >= 11 is 5.87. The number of nitrogens with zero attached hydrogens (tertiary/aromatic N) is 1. The van der Waals surface area contributed by atoms with E-state index in [1.54, 1.807) is 13.8 Å². The van der Waals surface area contributed by atoms with E-state index in [0.29, 0.717) is 10.6 Å². The van der Waals surface area contributed by atoms with Crippen LogP contribution in [0.4, 0.5) is 5.69 Å². The SMILES string of the molecule is C=CC(C)(Cc1cc(Cl)ccc1[N+](=O)[O-])C(=O)OCC. The van der Waals surface area contributed by atoms with Crippen LogP contribution in [-0.2, 0) is 16.0 Å². The van der Waals surface area contributed by atoms with Gasteiger partial charge in [-0.2, -0.15) is 0 Å². The second-order valence-electron chi connectivity index (χ2n) is 4.55. The van der Waals surface area contributed by atoms with E-state index >= 15 is 0 Å². The molecule has 0 saturated carbocycles. The summed E-state index contributed by atoms with van der Waals surface area (Å²) in [6.07, 6.45) is 1.54. The van der Waals surface area contributed by atoms with Crippen LogP contribution in [0.15, 0.2) is 30.9 Å². The quantitative estimate of drug-likeness (QED) is 0.348. The number of hydrogen-bond donors (Lipinski definition) is 0. The van der Waals surface area contributed by atoms with Crippen LogP contribution in [0.3, 0.4) is 0 Å². The lowest BCUT2D eigenvalue weighted by Gasteiger charge is -2.23. The number of ether oxygens (including phenoxy) is 1. The second kappa shape index (κ2) is 6.52. The van der Waals surface area contributed by atoms with Gasteiger partial charge in [0, 0.05) is 16.7 Å². The fourth-order valence-corrected chi connectivity index (χ4v) is 1.99. The summed E-state index contributed by atoms with van der Waals surface area (Å²) in [5, 5.41) is 11.4. The zero-order valence-electron chi connectivity index (χ0n) is 11.4. The number of nitro benzene ring substituents is 1. The highest BCUT2D eigenvalue weighted by Gasteiger charge is 2.34. The summed E-state index contributed by atoms with van der Waals surface area (Å²) in [6, 6.07) is 4.26. The van der Waals surface area contributed by atoms with Gasteiger partial charge < -0.3 is 4.74 Å². The fraction of sp³-hybridized carbons (Fsp3) is 0.357. The van der Waals surface area contributed by atoms with E-state index < -0.39 is 16.3 Å². The first-order valence-electron chi connectivity index (χ1n) is 6.07. The molecule has 1 rings (SSSR count). The van der Waals surface area contributed by atoms with Gasteiger partial charge in [0.2, 0.25) is 0 Å². The molecule has 0 aliphatic rings. The Morgan fingerprint density at radius 1 is 1.60 bits per heavy atom. The third-order valence-electron chi connectivity index (χ3n) is 2.99. The van der Waals surface area contributed by atoms with Crippen LogP contribution >= 0.6 is 11.6 Å². The predicted octanol–water partition coefficient (Wildman–Crippen LogP) is 3.55. The predicted molar refractivity (Wildman–Crippen MR) is 76.7 cm³/mol. The summed E-state index contributed by atoms with van der Waals surface area (Å²) in [7, 11) is 0. The van der Waals surface area contributed by atoms with E-state index in [2.05, 4.69) is 6.58 Å². The van der Waals surface area contributed by atoms with E-state index in [9.17, 15) is 14.9 Å². The van der Waals surface area contributed by atoms with E-state index in [4.69, 9.17) is 16.3 Å². The molecule has 108 valence electrons. The summed E-state index contributed by atoms with van der Waals surface area (Å²) in [6.45, 7) is 7.19. The average molecular weight is 298 g/mol. The standard InChI is InChI=1S/C14H16ClNO4/c1-4-14(3,13(17)20-5-2)9-10-8-11(15)6-7-12(10)16(18)19/h4,6-8H,1,5,9H2,2-3H3. The van der Waals surface area contributed by atoms with Gasteiger partial charge >= 0.3 is 5.97 Å². The lowest BCUT2D eigenvalue weighted by Crippen LogP contribution is -2.30. The molecular weight excluding hydrogens is 282 g/mol. The molecule has 1 atom stereocenters. The van der Waals surface area contributed by atoms with Crippen molar-refractivity contribution in [3.8, 4) is 0 Å². The van der Waals surface area contributed by atoms with Crippen LogP contribution < -0.4 is 0 Å². The number of halogens is 1. The summed E-state index contributed by atoms with van der Waals surface area (Å²) in [5.41, 5.74) is -0.740. The maximum Gasteiger partial charge on any atom is 0.315 e. The number of nitro groups is 1. The second-order valence-corrected chi connectivity index (χ2v) is 4.99. The van der Waals surface area contributed by atoms with Crippen molar-refractivity contribution in [1.82, 2.24) is 0 Å². The van der Waals surface area contributed by atoms with E-state index in [0.717, 1.165) is 0 Å². The molecule has 0 amide bonds. The first-order valence-corrected chi connectivity index (χ1v) is 6.45. The Hall–Kier alpha value is -1.88. The Kier molecular flexibility index (Phi) is 5.27. The van der Waals surface area contributed by atoms with Gasteiger partial charge in [-0.15, -0.1) is 6.58 Å². The molecule has 1 aromatic carbocycles. The van der Waals surface area contributed by atoms with Crippen LogP contribution in [0.5, 0.6) is 0 Å². The van der Waals surface area contributed by atoms with Crippen molar-refractivity contribution in [2.45, 2.75) is 20.3 Å². The molecule has 1 aromatic rings. The zero-order valence-corrected chi connectivity index (χ0v) is 12.1. The van der Waals surface area contributed by atoms with Crippen LogP contribution in [0.25, 0.3) is 0 Å². The number of rotatable bonds is 6. The lowest BCUT2D eigenvalue weighted by molar-refractivity contribution is -0.385. The maximum atomic E-state index is 12.0. The minimum absolute atomic E-state index is 0.0771. The molecule has 0 spiro atoms. The van der Waals surface area contributed by atoms with Crippen LogP contribution in [0, 0.1) is 15.5 Å². The van der Waals surface area contributed by atoms with Crippen LogP contribution in [0.1, 0.15) is 19.4 Å². The highest BCUT2D eigenvalue weighted by molar-refractivity contribution is 6.30. The average Bonchev–Trinajstić information content (AvgIpc) is 2.38. The number of esters is 1. The van der Waals surface area contributed by atoms with Gasteiger partial charge in [-0.05, 0) is 32.4 Å². The van der Waals surface area contributed by atoms with Gasteiger partial charge in [0.1, 0.15) is 0 Å². The van der Waals surface area contributed by atoms with Crippen LogP contribution in [0.2, 0.25) is 5.02 Å². The minimum Gasteiger partial charge on any atom is -0.465 e. The van der Waals surface area contributed by atoms with Crippen molar-refractivity contribution in [3.63, 3.8) is 0 Å². The summed E-state index contributed by atoms with van der Waals surface area (Å²) < 4.78 is 4.99. The maximum absolute atomic E-state index is 12.0. The monoisotopic (exact) mass is 297 g/mol. The number of carbonyl (C=O) groups is 1. The molecule has 6 heteroatoms. The Morgan fingerprint density at radius 3 is 2.75 bits per heavy atom. The smallest absolute Gasteiger partial charge is 0.315 e. The molecule has 0 fully saturated rings.